The molecule has 0 aliphatic heterocycles. The van der Waals surface area contributed by atoms with E-state index in [0.717, 1.165) is 24.4 Å². The normalized spacial score (nSPS) is 19.0. The number of rotatable bonds is 6. The van der Waals surface area contributed by atoms with Crippen LogP contribution >= 0.6 is 0 Å². The lowest BCUT2D eigenvalue weighted by Gasteiger charge is -2.33. The first-order chi connectivity index (χ1) is 8.20. The summed E-state index contributed by atoms with van der Waals surface area (Å²) in [5.41, 5.74) is 0.341. The molecule has 2 rings (SSSR count). The molecule has 94 valence electrons. The number of hydrogen-bond donors (Lipinski definition) is 2. The van der Waals surface area contributed by atoms with E-state index in [1.54, 1.807) is 6.07 Å². The minimum atomic E-state index is -0.495. The van der Waals surface area contributed by atoms with Crippen LogP contribution in [0.25, 0.3) is 0 Å². The van der Waals surface area contributed by atoms with Gasteiger partial charge in [0.2, 0.25) is 0 Å². The summed E-state index contributed by atoms with van der Waals surface area (Å²) in [6, 6.07) is 6.52. The number of halogens is 1. The zero-order valence-electron chi connectivity index (χ0n) is 10.2. The maximum absolute atomic E-state index is 13.3. The predicted octanol–water partition coefficient (Wildman–Crippen LogP) is 2.42. The van der Waals surface area contributed by atoms with Gasteiger partial charge in [0.1, 0.15) is 5.82 Å². The van der Waals surface area contributed by atoms with E-state index in [1.165, 1.54) is 25.0 Å². The molecule has 2 N–H and O–H groups in total. The van der Waals surface area contributed by atoms with Crippen LogP contribution in [0.1, 0.15) is 31.7 Å². The lowest BCUT2D eigenvalue weighted by molar-refractivity contribution is 0.154. The van der Waals surface area contributed by atoms with E-state index in [-0.39, 0.29) is 12.4 Å². The summed E-state index contributed by atoms with van der Waals surface area (Å²) in [7, 11) is 0. The second-order valence-electron chi connectivity index (χ2n) is 4.93. The Morgan fingerprint density at radius 2 is 2.24 bits per heavy atom. The average Bonchev–Trinajstić information content (AvgIpc) is 3.15. The number of nitrogens with one attached hydrogen (secondary N) is 1. The zero-order valence-corrected chi connectivity index (χ0v) is 10.2. The van der Waals surface area contributed by atoms with Crippen LogP contribution in [0.5, 0.6) is 0 Å². The summed E-state index contributed by atoms with van der Waals surface area (Å²) in [4.78, 5) is 0. The summed E-state index contributed by atoms with van der Waals surface area (Å²) < 4.78 is 13.3. The molecule has 2 nitrogen and oxygen atoms in total. The third-order valence-corrected chi connectivity index (χ3v) is 3.68. The Hall–Kier alpha value is -0.930. The molecule has 0 heterocycles. The SMILES string of the molecule is CCC(CO)(NCC1CC1)c1cccc(F)c1. The van der Waals surface area contributed by atoms with Gasteiger partial charge in [-0.1, -0.05) is 19.1 Å². The summed E-state index contributed by atoms with van der Waals surface area (Å²) in [6.07, 6.45) is 3.28. The van der Waals surface area contributed by atoms with Crippen molar-refractivity contribution < 1.29 is 9.50 Å². The van der Waals surface area contributed by atoms with Crippen LogP contribution in [0.4, 0.5) is 4.39 Å². The fraction of sp³-hybridized carbons (Fsp3) is 0.571. The molecular weight excluding hydrogens is 217 g/mol. The van der Waals surface area contributed by atoms with Gasteiger partial charge in [0.15, 0.2) is 0 Å². The Labute approximate surface area is 102 Å². The average molecular weight is 237 g/mol. The maximum Gasteiger partial charge on any atom is 0.123 e. The van der Waals surface area contributed by atoms with Gasteiger partial charge in [-0.25, -0.2) is 4.39 Å². The topological polar surface area (TPSA) is 32.3 Å². The standard InChI is InChI=1S/C14H20FNO/c1-2-14(10-17,16-9-11-6-7-11)12-4-3-5-13(15)8-12/h3-5,8,11,16-17H,2,6-7,9-10H2,1H3. The Balaban J connectivity index is 2.18. The third kappa shape index (κ3) is 2.85. The van der Waals surface area contributed by atoms with E-state index in [1.807, 2.05) is 13.0 Å². The Morgan fingerprint density at radius 3 is 2.76 bits per heavy atom. The van der Waals surface area contributed by atoms with Crippen molar-refractivity contribution in [3.63, 3.8) is 0 Å². The first-order valence-corrected chi connectivity index (χ1v) is 6.32. The van der Waals surface area contributed by atoms with Gasteiger partial charge in [-0.3, -0.25) is 0 Å². The molecule has 1 aromatic carbocycles. The Morgan fingerprint density at radius 1 is 1.47 bits per heavy atom. The summed E-state index contributed by atoms with van der Waals surface area (Å²) in [5.74, 6) is 0.489. The van der Waals surface area contributed by atoms with E-state index < -0.39 is 5.54 Å². The van der Waals surface area contributed by atoms with Gasteiger partial charge < -0.3 is 10.4 Å². The smallest absolute Gasteiger partial charge is 0.123 e. The van der Waals surface area contributed by atoms with Crippen LogP contribution in [0.3, 0.4) is 0 Å². The molecule has 0 radical (unpaired) electrons. The van der Waals surface area contributed by atoms with Gasteiger partial charge >= 0.3 is 0 Å². The van der Waals surface area contributed by atoms with Crippen molar-refractivity contribution in [1.29, 1.82) is 0 Å². The highest BCUT2D eigenvalue weighted by atomic mass is 19.1. The number of hydrogen-bond acceptors (Lipinski definition) is 2. The lowest BCUT2D eigenvalue weighted by atomic mass is 9.87. The second kappa shape index (κ2) is 5.15. The molecule has 17 heavy (non-hydrogen) atoms. The fourth-order valence-electron chi connectivity index (χ4n) is 2.14. The maximum atomic E-state index is 13.3. The van der Waals surface area contributed by atoms with Crippen molar-refractivity contribution in [3.8, 4) is 0 Å². The van der Waals surface area contributed by atoms with Gasteiger partial charge in [0.25, 0.3) is 0 Å². The summed E-state index contributed by atoms with van der Waals surface area (Å²) in [6.45, 7) is 2.92. The van der Waals surface area contributed by atoms with Gasteiger partial charge in [-0.05, 0) is 49.4 Å². The van der Waals surface area contributed by atoms with Crippen molar-refractivity contribution in [1.82, 2.24) is 5.32 Å². The molecule has 0 amide bonds. The molecule has 1 saturated carbocycles. The van der Waals surface area contributed by atoms with Crippen LogP contribution in [0.2, 0.25) is 0 Å². The second-order valence-corrected chi connectivity index (χ2v) is 4.93. The largest absolute Gasteiger partial charge is 0.394 e. The lowest BCUT2D eigenvalue weighted by Crippen LogP contribution is -2.46. The van der Waals surface area contributed by atoms with Crippen LogP contribution in [0, 0.1) is 11.7 Å². The van der Waals surface area contributed by atoms with Gasteiger partial charge in [-0.15, -0.1) is 0 Å². The Kier molecular flexibility index (Phi) is 3.79. The van der Waals surface area contributed by atoms with Gasteiger partial charge in [0, 0.05) is 0 Å². The quantitative estimate of drug-likeness (QED) is 0.796. The van der Waals surface area contributed by atoms with Crippen molar-refractivity contribution >= 4 is 0 Å². The monoisotopic (exact) mass is 237 g/mol. The Bertz CT molecular complexity index is 372. The van der Waals surface area contributed by atoms with E-state index in [9.17, 15) is 9.50 Å². The minimum Gasteiger partial charge on any atom is -0.394 e. The van der Waals surface area contributed by atoms with Crippen LogP contribution in [-0.4, -0.2) is 18.3 Å². The molecule has 0 spiro atoms. The van der Waals surface area contributed by atoms with E-state index in [2.05, 4.69) is 5.32 Å². The fourth-order valence-corrected chi connectivity index (χ4v) is 2.14. The molecule has 3 heteroatoms. The summed E-state index contributed by atoms with van der Waals surface area (Å²) >= 11 is 0. The van der Waals surface area contributed by atoms with Crippen LogP contribution < -0.4 is 5.32 Å². The molecule has 0 bridgehead atoms. The first-order valence-electron chi connectivity index (χ1n) is 6.32. The van der Waals surface area contributed by atoms with Crippen molar-refractivity contribution in [2.45, 2.75) is 31.7 Å². The predicted molar refractivity (Wildman–Crippen MR) is 66.2 cm³/mol. The molecule has 0 saturated heterocycles. The van der Waals surface area contributed by atoms with E-state index in [4.69, 9.17) is 0 Å². The summed E-state index contributed by atoms with van der Waals surface area (Å²) in [5, 5.41) is 13.1. The molecule has 1 atom stereocenters. The number of aliphatic hydroxyl groups is 1. The molecule has 1 aliphatic carbocycles. The highest BCUT2D eigenvalue weighted by molar-refractivity contribution is 5.25. The van der Waals surface area contributed by atoms with Gasteiger partial charge in [-0.2, -0.15) is 0 Å². The van der Waals surface area contributed by atoms with Crippen molar-refractivity contribution in [2.75, 3.05) is 13.2 Å². The molecule has 0 aromatic heterocycles. The van der Waals surface area contributed by atoms with Gasteiger partial charge in [0.05, 0.1) is 12.1 Å². The molecule has 1 unspecified atom stereocenters. The molecular formula is C14H20FNO. The zero-order chi connectivity index (χ0) is 12.3. The highest BCUT2D eigenvalue weighted by Crippen LogP contribution is 2.31. The molecule has 1 aromatic rings. The van der Waals surface area contributed by atoms with Crippen molar-refractivity contribution in [2.24, 2.45) is 5.92 Å². The molecule has 1 fully saturated rings. The minimum absolute atomic E-state index is 0.000324. The third-order valence-electron chi connectivity index (χ3n) is 3.68. The number of benzene rings is 1. The van der Waals surface area contributed by atoms with Crippen LogP contribution in [0.15, 0.2) is 24.3 Å². The van der Waals surface area contributed by atoms with E-state index in [0.29, 0.717) is 0 Å². The van der Waals surface area contributed by atoms with Crippen molar-refractivity contribution in [3.05, 3.63) is 35.6 Å². The first kappa shape index (κ1) is 12.5. The van der Waals surface area contributed by atoms with E-state index >= 15 is 0 Å². The number of aliphatic hydroxyl groups excluding tert-OH is 1. The molecule has 1 aliphatic rings. The van der Waals surface area contributed by atoms with Crippen LogP contribution in [-0.2, 0) is 5.54 Å². The highest BCUT2D eigenvalue weighted by Gasteiger charge is 2.32.